The molecule has 0 atom stereocenters. The molecule has 3 aromatic rings. The second-order valence-corrected chi connectivity index (χ2v) is 4.82. The van der Waals surface area contributed by atoms with Gasteiger partial charge in [-0.05, 0) is 36.8 Å². The largest absolute Gasteiger partial charge is 0.228 e. The van der Waals surface area contributed by atoms with Crippen LogP contribution in [0.3, 0.4) is 0 Å². The molecule has 0 spiro atoms. The number of rotatable bonds is 1. The fourth-order valence-corrected chi connectivity index (χ4v) is 2.16. The number of fused-ring (bicyclic) bond motifs is 1. The molecule has 0 aliphatic rings. The molecule has 0 bridgehead atoms. The second-order valence-electron chi connectivity index (χ2n) is 4.46. The molecule has 0 unspecified atom stereocenters. The summed E-state index contributed by atoms with van der Waals surface area (Å²) in [4.78, 5) is 8.39. The van der Waals surface area contributed by atoms with E-state index in [-0.39, 0.29) is 11.0 Å². The molecule has 0 aliphatic carbocycles. The molecule has 2 aromatic carbocycles. The first-order chi connectivity index (χ1) is 9.54. The zero-order chi connectivity index (χ0) is 14.3. The lowest BCUT2D eigenvalue weighted by Crippen LogP contribution is -1.94. The van der Waals surface area contributed by atoms with Crippen LogP contribution in [-0.4, -0.2) is 9.97 Å². The minimum absolute atomic E-state index is 0.144. The van der Waals surface area contributed by atoms with E-state index < -0.39 is 5.82 Å². The van der Waals surface area contributed by atoms with Crippen LogP contribution in [0, 0.1) is 18.6 Å². The zero-order valence-electron chi connectivity index (χ0n) is 10.5. The van der Waals surface area contributed by atoms with Gasteiger partial charge in [0, 0.05) is 10.9 Å². The maximum atomic E-state index is 13.6. The predicted octanol–water partition coefficient (Wildman–Crippen LogP) is 4.54. The van der Waals surface area contributed by atoms with E-state index in [0.29, 0.717) is 27.9 Å². The number of benzene rings is 2. The van der Waals surface area contributed by atoms with E-state index in [1.165, 1.54) is 24.3 Å². The van der Waals surface area contributed by atoms with Gasteiger partial charge >= 0.3 is 0 Å². The molecular weight excluding hydrogens is 282 g/mol. The Kier molecular flexibility index (Phi) is 3.10. The lowest BCUT2D eigenvalue weighted by Gasteiger charge is -2.06. The number of aromatic nitrogens is 2. The molecular formula is C15H9ClF2N2. The summed E-state index contributed by atoms with van der Waals surface area (Å²) < 4.78 is 26.8. The first kappa shape index (κ1) is 12.9. The summed E-state index contributed by atoms with van der Waals surface area (Å²) in [5, 5.41) is 0.577. The average molecular weight is 291 g/mol. The molecule has 0 amide bonds. The van der Waals surface area contributed by atoms with E-state index in [4.69, 9.17) is 11.6 Å². The van der Waals surface area contributed by atoms with Crippen molar-refractivity contribution in [3.63, 3.8) is 0 Å². The van der Waals surface area contributed by atoms with E-state index in [1.807, 2.05) is 0 Å². The maximum absolute atomic E-state index is 13.6. The molecule has 3 rings (SSSR count). The van der Waals surface area contributed by atoms with Gasteiger partial charge in [0.05, 0.1) is 5.52 Å². The normalized spacial score (nSPS) is 11.0. The van der Waals surface area contributed by atoms with Gasteiger partial charge in [0.25, 0.3) is 0 Å². The van der Waals surface area contributed by atoms with E-state index in [2.05, 4.69) is 9.97 Å². The summed E-state index contributed by atoms with van der Waals surface area (Å²) in [5.74, 6) is -0.424. The van der Waals surface area contributed by atoms with Crippen molar-refractivity contribution in [2.45, 2.75) is 6.92 Å². The molecule has 1 aromatic heterocycles. The molecule has 2 nitrogen and oxygen atoms in total. The van der Waals surface area contributed by atoms with Crippen molar-refractivity contribution in [1.82, 2.24) is 9.97 Å². The lowest BCUT2D eigenvalue weighted by molar-refractivity contribution is 0.619. The van der Waals surface area contributed by atoms with Gasteiger partial charge in [-0.2, -0.15) is 0 Å². The predicted molar refractivity (Wildman–Crippen MR) is 74.6 cm³/mol. The van der Waals surface area contributed by atoms with Crippen LogP contribution in [0.2, 0.25) is 5.15 Å². The monoisotopic (exact) mass is 290 g/mol. The Morgan fingerprint density at radius 2 is 1.80 bits per heavy atom. The van der Waals surface area contributed by atoms with Crippen molar-refractivity contribution in [2.24, 2.45) is 0 Å². The third kappa shape index (κ3) is 2.23. The summed E-state index contributed by atoms with van der Waals surface area (Å²) in [6.07, 6.45) is 0. The SMILES string of the molecule is Cc1ccc(-c2nc(Cl)c3cc(F)ccc3n2)cc1F. The van der Waals surface area contributed by atoms with Crippen LogP contribution in [0.4, 0.5) is 8.78 Å². The van der Waals surface area contributed by atoms with Gasteiger partial charge in [0.2, 0.25) is 0 Å². The quantitative estimate of drug-likeness (QED) is 0.615. The van der Waals surface area contributed by atoms with Gasteiger partial charge in [-0.15, -0.1) is 0 Å². The molecule has 0 saturated carbocycles. The Morgan fingerprint density at radius 3 is 2.55 bits per heavy atom. The Bertz CT molecular complexity index is 818. The van der Waals surface area contributed by atoms with Crippen LogP contribution < -0.4 is 0 Å². The van der Waals surface area contributed by atoms with Gasteiger partial charge in [0.15, 0.2) is 5.82 Å². The van der Waals surface area contributed by atoms with Crippen LogP contribution >= 0.6 is 11.6 Å². The summed E-state index contributed by atoms with van der Waals surface area (Å²) in [6.45, 7) is 1.68. The summed E-state index contributed by atoms with van der Waals surface area (Å²) in [6, 6.07) is 8.82. The highest BCUT2D eigenvalue weighted by atomic mass is 35.5. The fraction of sp³-hybridized carbons (Fsp3) is 0.0667. The van der Waals surface area contributed by atoms with Gasteiger partial charge < -0.3 is 0 Å². The molecule has 0 N–H and O–H groups in total. The summed E-state index contributed by atoms with van der Waals surface area (Å²) in [7, 11) is 0. The molecule has 0 saturated heterocycles. The van der Waals surface area contributed by atoms with E-state index in [1.54, 1.807) is 19.1 Å². The molecule has 5 heteroatoms. The highest BCUT2D eigenvalue weighted by molar-refractivity contribution is 6.34. The van der Waals surface area contributed by atoms with E-state index in [9.17, 15) is 8.78 Å². The third-order valence-electron chi connectivity index (χ3n) is 3.04. The smallest absolute Gasteiger partial charge is 0.161 e. The molecule has 100 valence electrons. The Hall–Kier alpha value is -2.07. The number of hydrogen-bond acceptors (Lipinski definition) is 2. The first-order valence-electron chi connectivity index (χ1n) is 5.94. The van der Waals surface area contributed by atoms with Crippen molar-refractivity contribution in [2.75, 3.05) is 0 Å². The maximum Gasteiger partial charge on any atom is 0.161 e. The van der Waals surface area contributed by atoms with Crippen molar-refractivity contribution in [3.05, 3.63) is 58.7 Å². The third-order valence-corrected chi connectivity index (χ3v) is 3.33. The molecule has 20 heavy (non-hydrogen) atoms. The van der Waals surface area contributed by atoms with E-state index in [0.717, 1.165) is 0 Å². The Morgan fingerprint density at radius 1 is 1.00 bits per heavy atom. The average Bonchev–Trinajstić information content (AvgIpc) is 2.42. The number of hydrogen-bond donors (Lipinski definition) is 0. The molecule has 0 aliphatic heterocycles. The summed E-state index contributed by atoms with van der Waals surface area (Å²) >= 11 is 6.04. The van der Waals surface area contributed by atoms with Crippen LogP contribution in [0.15, 0.2) is 36.4 Å². The van der Waals surface area contributed by atoms with E-state index >= 15 is 0 Å². The zero-order valence-corrected chi connectivity index (χ0v) is 11.2. The molecule has 0 fully saturated rings. The van der Waals surface area contributed by atoms with Crippen LogP contribution in [0.5, 0.6) is 0 Å². The number of nitrogens with zero attached hydrogens (tertiary/aromatic N) is 2. The Labute approximate surface area is 119 Å². The molecule has 1 heterocycles. The number of aryl methyl sites for hydroxylation is 1. The molecule has 0 radical (unpaired) electrons. The van der Waals surface area contributed by atoms with Crippen molar-refractivity contribution >= 4 is 22.5 Å². The van der Waals surface area contributed by atoms with Crippen molar-refractivity contribution < 1.29 is 8.78 Å². The van der Waals surface area contributed by atoms with Crippen LogP contribution in [-0.2, 0) is 0 Å². The van der Waals surface area contributed by atoms with Gasteiger partial charge in [-0.25, -0.2) is 18.7 Å². The fourth-order valence-electron chi connectivity index (χ4n) is 1.92. The standard InChI is InChI=1S/C15H9ClF2N2/c1-8-2-3-9(6-12(8)18)15-19-13-5-4-10(17)7-11(13)14(16)20-15/h2-7H,1H3. The summed E-state index contributed by atoms with van der Waals surface area (Å²) in [5.41, 5.74) is 1.59. The van der Waals surface area contributed by atoms with Crippen LogP contribution in [0.1, 0.15) is 5.56 Å². The second kappa shape index (κ2) is 4.80. The lowest BCUT2D eigenvalue weighted by atomic mass is 10.1. The van der Waals surface area contributed by atoms with Gasteiger partial charge in [0.1, 0.15) is 16.8 Å². The first-order valence-corrected chi connectivity index (χ1v) is 6.32. The highest BCUT2D eigenvalue weighted by Gasteiger charge is 2.10. The topological polar surface area (TPSA) is 25.8 Å². The number of halogens is 3. The van der Waals surface area contributed by atoms with Crippen molar-refractivity contribution in [3.8, 4) is 11.4 Å². The van der Waals surface area contributed by atoms with Gasteiger partial charge in [-0.1, -0.05) is 23.7 Å². The van der Waals surface area contributed by atoms with Crippen molar-refractivity contribution in [1.29, 1.82) is 0 Å². The highest BCUT2D eigenvalue weighted by Crippen LogP contribution is 2.26. The minimum atomic E-state index is -0.405. The Balaban J connectivity index is 2.21. The van der Waals surface area contributed by atoms with Gasteiger partial charge in [-0.3, -0.25) is 0 Å². The van der Waals surface area contributed by atoms with Crippen LogP contribution in [0.25, 0.3) is 22.3 Å². The minimum Gasteiger partial charge on any atom is -0.228 e.